The van der Waals surface area contributed by atoms with Gasteiger partial charge in [0.15, 0.2) is 0 Å². The molecular weight excluding hydrogens is 314 g/mol. The summed E-state index contributed by atoms with van der Waals surface area (Å²) in [4.78, 5) is 0. The van der Waals surface area contributed by atoms with Gasteiger partial charge in [0.25, 0.3) is 0 Å². The summed E-state index contributed by atoms with van der Waals surface area (Å²) < 4.78 is 24.6. The summed E-state index contributed by atoms with van der Waals surface area (Å²) >= 11 is 6.11. The van der Waals surface area contributed by atoms with Gasteiger partial charge >= 0.3 is 0 Å². The first-order chi connectivity index (χ1) is 9.81. The SMILES string of the molecule is CS(=O)(=O)N1C[C@@H]2[C@H](C1)[C@@]2(O)c1cc(Cl)cc2[nH]ncc12. The van der Waals surface area contributed by atoms with Crippen molar-refractivity contribution in [1.29, 1.82) is 0 Å². The van der Waals surface area contributed by atoms with E-state index in [9.17, 15) is 13.5 Å². The van der Waals surface area contributed by atoms with E-state index in [1.54, 1.807) is 18.3 Å². The Balaban J connectivity index is 1.74. The molecule has 4 rings (SSSR count). The fourth-order valence-electron chi connectivity index (χ4n) is 3.59. The van der Waals surface area contributed by atoms with Crippen LogP contribution in [0.15, 0.2) is 18.3 Å². The number of sulfonamides is 1. The summed E-state index contributed by atoms with van der Waals surface area (Å²) in [5, 5.41) is 19.2. The van der Waals surface area contributed by atoms with Gasteiger partial charge in [0.1, 0.15) is 0 Å². The van der Waals surface area contributed by atoms with Gasteiger partial charge in [-0.25, -0.2) is 12.7 Å². The molecule has 2 aliphatic rings. The largest absolute Gasteiger partial charge is 0.384 e. The van der Waals surface area contributed by atoms with E-state index in [2.05, 4.69) is 10.2 Å². The molecule has 0 bridgehead atoms. The number of aromatic nitrogens is 2. The molecule has 0 unspecified atom stereocenters. The van der Waals surface area contributed by atoms with Crippen molar-refractivity contribution >= 4 is 32.5 Å². The van der Waals surface area contributed by atoms with Crippen LogP contribution < -0.4 is 0 Å². The minimum Gasteiger partial charge on any atom is -0.384 e. The van der Waals surface area contributed by atoms with Gasteiger partial charge in [0.2, 0.25) is 10.0 Å². The third-order valence-corrected chi connectivity index (χ3v) is 6.19. The maximum Gasteiger partial charge on any atom is 0.211 e. The molecule has 1 aromatic carbocycles. The molecule has 1 aliphatic carbocycles. The molecule has 8 heteroatoms. The Morgan fingerprint density at radius 1 is 1.43 bits per heavy atom. The Bertz CT molecular complexity index is 835. The van der Waals surface area contributed by atoms with E-state index >= 15 is 0 Å². The van der Waals surface area contributed by atoms with Gasteiger partial charge in [-0.15, -0.1) is 0 Å². The minimum absolute atomic E-state index is 0.0798. The first-order valence-corrected chi connectivity index (χ1v) is 8.85. The van der Waals surface area contributed by atoms with Crippen LogP contribution in [0.1, 0.15) is 5.56 Å². The quantitative estimate of drug-likeness (QED) is 0.859. The molecule has 0 radical (unpaired) electrons. The van der Waals surface area contributed by atoms with Crippen LogP contribution in [0.5, 0.6) is 0 Å². The lowest BCUT2D eigenvalue weighted by atomic mass is 9.99. The van der Waals surface area contributed by atoms with Gasteiger partial charge in [0, 0.05) is 35.3 Å². The van der Waals surface area contributed by atoms with Gasteiger partial charge in [0.05, 0.1) is 23.6 Å². The van der Waals surface area contributed by atoms with E-state index < -0.39 is 15.6 Å². The zero-order valence-electron chi connectivity index (χ0n) is 11.2. The van der Waals surface area contributed by atoms with Crippen LogP contribution in [0.25, 0.3) is 10.9 Å². The monoisotopic (exact) mass is 327 g/mol. The number of aromatic amines is 1. The molecule has 6 nitrogen and oxygen atoms in total. The molecule has 2 N–H and O–H groups in total. The molecule has 112 valence electrons. The highest BCUT2D eigenvalue weighted by molar-refractivity contribution is 7.88. The maximum atomic E-state index is 11.6. The van der Waals surface area contributed by atoms with Crippen LogP contribution in [0.2, 0.25) is 5.02 Å². The van der Waals surface area contributed by atoms with Crippen molar-refractivity contribution in [3.63, 3.8) is 0 Å². The average Bonchev–Trinajstić information content (AvgIpc) is 2.83. The summed E-state index contributed by atoms with van der Waals surface area (Å²) in [5.41, 5.74) is 0.506. The lowest BCUT2D eigenvalue weighted by molar-refractivity contribution is 0.0993. The summed E-state index contributed by atoms with van der Waals surface area (Å²) in [6.07, 6.45) is 2.87. The van der Waals surface area contributed by atoms with Gasteiger partial charge < -0.3 is 5.11 Å². The Hall–Kier alpha value is -1.15. The van der Waals surface area contributed by atoms with Gasteiger partial charge in [-0.2, -0.15) is 5.10 Å². The summed E-state index contributed by atoms with van der Waals surface area (Å²) in [6, 6.07) is 3.51. The third kappa shape index (κ3) is 1.78. The number of halogens is 1. The maximum absolute atomic E-state index is 11.6. The third-order valence-electron chi connectivity index (χ3n) is 4.73. The van der Waals surface area contributed by atoms with Crippen LogP contribution in [0.3, 0.4) is 0 Å². The van der Waals surface area contributed by atoms with Crippen LogP contribution in [-0.2, 0) is 15.6 Å². The second kappa shape index (κ2) is 3.98. The van der Waals surface area contributed by atoms with E-state index in [0.29, 0.717) is 18.1 Å². The predicted octanol–water partition coefficient (Wildman–Crippen LogP) is 0.925. The Morgan fingerprint density at radius 3 is 2.71 bits per heavy atom. The van der Waals surface area contributed by atoms with E-state index in [-0.39, 0.29) is 11.8 Å². The molecule has 21 heavy (non-hydrogen) atoms. The molecule has 0 spiro atoms. The van der Waals surface area contributed by atoms with E-state index in [4.69, 9.17) is 11.6 Å². The number of aliphatic hydroxyl groups is 1. The summed E-state index contributed by atoms with van der Waals surface area (Å²) in [7, 11) is -3.20. The van der Waals surface area contributed by atoms with Crippen LogP contribution >= 0.6 is 11.6 Å². The Morgan fingerprint density at radius 2 is 2.10 bits per heavy atom. The predicted molar refractivity (Wildman–Crippen MR) is 78.4 cm³/mol. The van der Waals surface area contributed by atoms with Crippen LogP contribution in [-0.4, -0.2) is 47.4 Å². The Labute approximate surface area is 126 Å². The normalized spacial score (nSPS) is 32.5. The van der Waals surface area contributed by atoms with E-state index in [0.717, 1.165) is 16.5 Å². The zero-order valence-corrected chi connectivity index (χ0v) is 12.8. The van der Waals surface area contributed by atoms with Gasteiger partial charge in [-0.3, -0.25) is 5.10 Å². The number of H-pyrrole nitrogens is 1. The number of piperidine rings is 1. The van der Waals surface area contributed by atoms with Crippen molar-refractivity contribution in [3.05, 3.63) is 28.9 Å². The standard InChI is InChI=1S/C13H14ClN3O3S/c1-21(19,20)17-5-10-11(6-17)13(10,18)9-2-7(14)3-12-8(9)4-15-16-12/h2-4,10-11,18H,5-6H2,1H3,(H,15,16)/t10-,11+,13-. The summed E-state index contributed by atoms with van der Waals surface area (Å²) in [6.45, 7) is 0.706. The van der Waals surface area contributed by atoms with Crippen molar-refractivity contribution in [2.45, 2.75) is 5.60 Å². The molecule has 1 aromatic heterocycles. The molecule has 2 heterocycles. The Kier molecular flexibility index (Phi) is 2.56. The minimum atomic E-state index is -3.20. The highest BCUT2D eigenvalue weighted by atomic mass is 35.5. The summed E-state index contributed by atoms with van der Waals surface area (Å²) in [5.74, 6) is -0.160. The smallest absolute Gasteiger partial charge is 0.211 e. The van der Waals surface area contributed by atoms with Crippen molar-refractivity contribution in [3.8, 4) is 0 Å². The number of hydrogen-bond donors (Lipinski definition) is 2. The number of benzene rings is 1. The first kappa shape index (κ1) is 13.5. The molecule has 2 aromatic rings. The number of rotatable bonds is 2. The van der Waals surface area contributed by atoms with E-state index in [1.165, 1.54) is 10.6 Å². The van der Waals surface area contributed by atoms with Crippen molar-refractivity contribution in [2.24, 2.45) is 11.8 Å². The van der Waals surface area contributed by atoms with Gasteiger partial charge in [-0.05, 0) is 17.7 Å². The lowest BCUT2D eigenvalue weighted by Gasteiger charge is -2.22. The second-order valence-electron chi connectivity index (χ2n) is 5.90. The molecule has 0 amide bonds. The van der Waals surface area contributed by atoms with Crippen molar-refractivity contribution in [1.82, 2.24) is 14.5 Å². The highest BCUT2D eigenvalue weighted by Crippen LogP contribution is 2.63. The van der Waals surface area contributed by atoms with Gasteiger partial charge in [-0.1, -0.05) is 11.6 Å². The second-order valence-corrected chi connectivity index (χ2v) is 8.32. The fourth-order valence-corrected chi connectivity index (χ4v) is 4.67. The number of hydrogen-bond acceptors (Lipinski definition) is 4. The lowest BCUT2D eigenvalue weighted by Crippen LogP contribution is -2.34. The fraction of sp³-hybridized carbons (Fsp3) is 0.462. The van der Waals surface area contributed by atoms with Crippen LogP contribution in [0, 0.1) is 11.8 Å². The molecule has 2 fully saturated rings. The van der Waals surface area contributed by atoms with Crippen molar-refractivity contribution in [2.75, 3.05) is 19.3 Å². The number of nitrogens with zero attached hydrogens (tertiary/aromatic N) is 2. The molecule has 1 saturated heterocycles. The van der Waals surface area contributed by atoms with Crippen LogP contribution in [0.4, 0.5) is 0 Å². The molecule has 1 saturated carbocycles. The molecule has 3 atom stereocenters. The first-order valence-electron chi connectivity index (χ1n) is 6.62. The topological polar surface area (TPSA) is 86.3 Å². The molecular formula is C13H14ClN3O3S. The zero-order chi connectivity index (χ0) is 15.0. The molecule has 1 aliphatic heterocycles. The average molecular weight is 328 g/mol. The number of nitrogens with one attached hydrogen (secondary N) is 1. The van der Waals surface area contributed by atoms with Crippen molar-refractivity contribution < 1.29 is 13.5 Å². The highest BCUT2D eigenvalue weighted by Gasteiger charge is 2.70. The van der Waals surface area contributed by atoms with E-state index in [1.807, 2.05) is 0 Å². The number of fused-ring (bicyclic) bond motifs is 2.